The average molecular weight is 336 g/mol. The van der Waals surface area contributed by atoms with E-state index in [9.17, 15) is 4.79 Å². The van der Waals surface area contributed by atoms with Crippen LogP contribution in [-0.2, 0) is 5.75 Å². The van der Waals surface area contributed by atoms with Crippen LogP contribution in [0, 0.1) is 0 Å². The van der Waals surface area contributed by atoms with E-state index < -0.39 is 0 Å². The molecule has 0 N–H and O–H groups in total. The van der Waals surface area contributed by atoms with Crippen LogP contribution in [0.3, 0.4) is 0 Å². The Morgan fingerprint density at radius 1 is 1.12 bits per heavy atom. The lowest BCUT2D eigenvalue weighted by Gasteiger charge is -2.16. The fraction of sp³-hybridized carbons (Fsp3) is 0.158. The van der Waals surface area contributed by atoms with Crippen LogP contribution in [-0.4, -0.2) is 29.1 Å². The van der Waals surface area contributed by atoms with Gasteiger partial charge in [0.15, 0.2) is 10.9 Å². The number of thioether (sulfide) groups is 1. The lowest BCUT2D eigenvalue weighted by Crippen LogP contribution is -2.32. The molecular formula is C19H16N2O2S. The van der Waals surface area contributed by atoms with Crippen LogP contribution in [0.5, 0.6) is 0 Å². The van der Waals surface area contributed by atoms with Crippen molar-refractivity contribution in [2.45, 2.75) is 5.75 Å². The smallest absolute Gasteiger partial charge is 0.295 e. The van der Waals surface area contributed by atoms with E-state index in [1.807, 2.05) is 42.5 Å². The lowest BCUT2D eigenvalue weighted by atomic mass is 10.2. The summed E-state index contributed by atoms with van der Waals surface area (Å²) in [5.74, 6) is 1.04. The Kier molecular flexibility index (Phi) is 4.09. The van der Waals surface area contributed by atoms with Crippen molar-refractivity contribution in [3.63, 3.8) is 0 Å². The van der Waals surface area contributed by atoms with Crippen molar-refractivity contribution < 1.29 is 9.21 Å². The number of hydrogen-bond acceptors (Lipinski definition) is 4. The van der Waals surface area contributed by atoms with E-state index in [-0.39, 0.29) is 5.91 Å². The van der Waals surface area contributed by atoms with Crippen molar-refractivity contribution in [2.75, 3.05) is 13.1 Å². The van der Waals surface area contributed by atoms with Gasteiger partial charge < -0.3 is 4.42 Å². The van der Waals surface area contributed by atoms with E-state index >= 15 is 0 Å². The molecule has 0 aliphatic carbocycles. The highest BCUT2D eigenvalue weighted by atomic mass is 32.2. The third-order valence-electron chi connectivity index (χ3n) is 3.89. The SMILES string of the molecule is O=C(c1cc2ccccc2o1)N1CCN=C1SCc1ccccc1. The highest BCUT2D eigenvalue weighted by molar-refractivity contribution is 8.13. The Morgan fingerprint density at radius 3 is 2.75 bits per heavy atom. The number of furan rings is 1. The third kappa shape index (κ3) is 2.95. The van der Waals surface area contributed by atoms with Crippen LogP contribution in [0.1, 0.15) is 16.1 Å². The molecule has 0 radical (unpaired) electrons. The van der Waals surface area contributed by atoms with Gasteiger partial charge in [-0.25, -0.2) is 0 Å². The number of amidine groups is 1. The maximum absolute atomic E-state index is 12.8. The van der Waals surface area contributed by atoms with Crippen molar-refractivity contribution >= 4 is 33.8 Å². The molecule has 1 aliphatic heterocycles. The number of carbonyl (C=O) groups excluding carboxylic acids is 1. The minimum Gasteiger partial charge on any atom is -0.451 e. The summed E-state index contributed by atoms with van der Waals surface area (Å²) in [7, 11) is 0. The summed E-state index contributed by atoms with van der Waals surface area (Å²) >= 11 is 1.59. The molecule has 0 bridgehead atoms. The number of nitrogens with zero attached hydrogens (tertiary/aromatic N) is 2. The zero-order valence-corrected chi connectivity index (χ0v) is 13.8. The summed E-state index contributed by atoms with van der Waals surface area (Å²) in [6, 6.07) is 19.6. The molecule has 24 heavy (non-hydrogen) atoms. The molecule has 1 amide bonds. The van der Waals surface area contributed by atoms with Crippen LogP contribution >= 0.6 is 11.8 Å². The first-order chi connectivity index (χ1) is 11.8. The summed E-state index contributed by atoms with van der Waals surface area (Å²) in [4.78, 5) is 19.0. The van der Waals surface area contributed by atoms with E-state index in [1.54, 1.807) is 22.7 Å². The lowest BCUT2D eigenvalue weighted by molar-refractivity contribution is 0.0833. The number of carbonyl (C=O) groups is 1. The predicted molar refractivity (Wildman–Crippen MR) is 97.3 cm³/mol. The van der Waals surface area contributed by atoms with Gasteiger partial charge in [0, 0.05) is 17.7 Å². The van der Waals surface area contributed by atoms with Gasteiger partial charge in [0.25, 0.3) is 5.91 Å². The molecule has 0 saturated carbocycles. The first-order valence-corrected chi connectivity index (χ1v) is 8.81. The zero-order valence-electron chi connectivity index (χ0n) is 13.0. The standard InChI is InChI=1S/C19H16N2O2S/c22-18(17-12-15-8-4-5-9-16(15)23-17)21-11-10-20-19(21)24-13-14-6-2-1-3-7-14/h1-9,12H,10-11,13H2. The summed E-state index contributed by atoms with van der Waals surface area (Å²) in [6.07, 6.45) is 0. The molecule has 2 aromatic carbocycles. The normalized spacial score (nSPS) is 14.2. The van der Waals surface area contributed by atoms with E-state index in [4.69, 9.17) is 4.42 Å². The first-order valence-electron chi connectivity index (χ1n) is 7.83. The summed E-state index contributed by atoms with van der Waals surface area (Å²) in [6.45, 7) is 1.25. The van der Waals surface area contributed by atoms with Crippen LogP contribution in [0.4, 0.5) is 0 Å². The largest absolute Gasteiger partial charge is 0.451 e. The monoisotopic (exact) mass is 336 g/mol. The van der Waals surface area contributed by atoms with Gasteiger partial charge in [0.05, 0.1) is 6.54 Å². The second kappa shape index (κ2) is 6.53. The second-order valence-electron chi connectivity index (χ2n) is 5.54. The second-order valence-corrected chi connectivity index (χ2v) is 6.49. The number of para-hydroxylation sites is 1. The molecule has 2 heterocycles. The van der Waals surface area contributed by atoms with Gasteiger partial charge in [0.1, 0.15) is 5.58 Å². The van der Waals surface area contributed by atoms with E-state index in [1.165, 1.54) is 5.56 Å². The Hall–Kier alpha value is -2.53. The van der Waals surface area contributed by atoms with Crippen LogP contribution in [0.2, 0.25) is 0 Å². The van der Waals surface area contributed by atoms with Gasteiger partial charge in [-0.3, -0.25) is 14.7 Å². The van der Waals surface area contributed by atoms with Crippen molar-refractivity contribution in [3.8, 4) is 0 Å². The number of rotatable bonds is 3. The minimum absolute atomic E-state index is 0.122. The molecule has 5 heteroatoms. The molecule has 3 aromatic rings. The third-order valence-corrected chi connectivity index (χ3v) is 4.98. The van der Waals surface area contributed by atoms with Gasteiger partial charge in [-0.15, -0.1) is 0 Å². The number of aliphatic imine (C=N–C) groups is 1. The Labute approximate surface area is 144 Å². The molecular weight excluding hydrogens is 320 g/mol. The number of benzene rings is 2. The summed E-state index contributed by atoms with van der Waals surface area (Å²) in [5, 5.41) is 1.71. The van der Waals surface area contributed by atoms with Gasteiger partial charge in [-0.05, 0) is 17.7 Å². The number of fused-ring (bicyclic) bond motifs is 1. The maximum atomic E-state index is 12.8. The fourth-order valence-corrected chi connectivity index (χ4v) is 3.68. The van der Waals surface area contributed by atoms with Crippen molar-refractivity contribution in [2.24, 2.45) is 4.99 Å². The average Bonchev–Trinajstić information content (AvgIpc) is 3.27. The summed E-state index contributed by atoms with van der Waals surface area (Å²) < 4.78 is 5.70. The molecule has 0 spiro atoms. The van der Waals surface area contributed by atoms with E-state index in [0.717, 1.165) is 21.9 Å². The first kappa shape index (κ1) is 15.0. The molecule has 4 nitrogen and oxygen atoms in total. The number of amides is 1. The molecule has 1 aliphatic rings. The zero-order chi connectivity index (χ0) is 16.4. The molecule has 4 rings (SSSR count). The molecule has 120 valence electrons. The molecule has 0 saturated heterocycles. The highest BCUT2D eigenvalue weighted by Crippen LogP contribution is 2.24. The highest BCUT2D eigenvalue weighted by Gasteiger charge is 2.27. The van der Waals surface area contributed by atoms with Gasteiger partial charge >= 0.3 is 0 Å². The molecule has 0 fully saturated rings. The van der Waals surface area contributed by atoms with E-state index in [2.05, 4.69) is 17.1 Å². The topological polar surface area (TPSA) is 45.8 Å². The Bertz CT molecular complexity index is 869. The van der Waals surface area contributed by atoms with Crippen LogP contribution in [0.25, 0.3) is 11.0 Å². The molecule has 0 atom stereocenters. The molecule has 1 aromatic heterocycles. The van der Waals surface area contributed by atoms with Crippen molar-refractivity contribution in [3.05, 3.63) is 72.0 Å². The van der Waals surface area contributed by atoms with Gasteiger partial charge in [-0.1, -0.05) is 60.3 Å². The van der Waals surface area contributed by atoms with Crippen molar-refractivity contribution in [1.29, 1.82) is 0 Å². The summed E-state index contributed by atoms with van der Waals surface area (Å²) in [5.41, 5.74) is 1.95. The Balaban J connectivity index is 1.50. The van der Waals surface area contributed by atoms with Crippen LogP contribution < -0.4 is 0 Å². The van der Waals surface area contributed by atoms with Gasteiger partial charge in [-0.2, -0.15) is 0 Å². The Morgan fingerprint density at radius 2 is 1.92 bits per heavy atom. The predicted octanol–water partition coefficient (Wildman–Crippen LogP) is 4.18. The maximum Gasteiger partial charge on any atom is 0.295 e. The minimum atomic E-state index is -0.122. The van der Waals surface area contributed by atoms with Crippen LogP contribution in [0.15, 0.2) is 70.1 Å². The fourth-order valence-electron chi connectivity index (χ4n) is 2.68. The quantitative estimate of drug-likeness (QED) is 0.721. The van der Waals surface area contributed by atoms with E-state index in [0.29, 0.717) is 18.8 Å². The van der Waals surface area contributed by atoms with Gasteiger partial charge in [0.2, 0.25) is 0 Å². The molecule has 0 unspecified atom stereocenters. The van der Waals surface area contributed by atoms with Crippen molar-refractivity contribution in [1.82, 2.24) is 4.90 Å². The number of hydrogen-bond donors (Lipinski definition) is 0.